The molecule has 30 heavy (non-hydrogen) atoms. The van der Waals surface area contributed by atoms with Crippen LogP contribution in [-0.4, -0.2) is 33.4 Å². The Hall–Kier alpha value is -2.80. The molecule has 7 heteroatoms. The average Bonchev–Trinajstić information content (AvgIpc) is 3.45. The molecule has 0 fully saturated rings. The molecule has 0 radical (unpaired) electrons. The van der Waals surface area contributed by atoms with Gasteiger partial charge in [0.25, 0.3) is 5.91 Å². The first-order valence-corrected chi connectivity index (χ1v) is 11.1. The van der Waals surface area contributed by atoms with E-state index in [1.54, 1.807) is 22.5 Å². The molecule has 0 saturated heterocycles. The number of hydrogen-bond acceptors (Lipinski definition) is 4. The molecule has 6 nitrogen and oxygen atoms in total. The van der Waals surface area contributed by atoms with Gasteiger partial charge in [0.2, 0.25) is 5.91 Å². The maximum atomic E-state index is 13.5. The highest BCUT2D eigenvalue weighted by Gasteiger charge is 2.47. The Labute approximate surface area is 180 Å². The average molecular weight is 426 g/mol. The highest BCUT2D eigenvalue weighted by molar-refractivity contribution is 7.09. The zero-order chi connectivity index (χ0) is 21.3. The Morgan fingerprint density at radius 2 is 2.03 bits per heavy atom. The Morgan fingerprint density at radius 1 is 1.23 bits per heavy atom. The molecule has 1 unspecified atom stereocenters. The second kappa shape index (κ2) is 8.14. The summed E-state index contributed by atoms with van der Waals surface area (Å²) < 4.78 is 7.48. The van der Waals surface area contributed by atoms with Crippen molar-refractivity contribution in [3.05, 3.63) is 58.6 Å². The van der Waals surface area contributed by atoms with Crippen LogP contribution < -0.4 is 5.32 Å². The number of hydrogen-bond donors (Lipinski definition) is 1. The SMILES string of the molecule is CC(C)CCNC(=O)C1(C)Cn2c(ccc2-c2ccco2)C(=O)N1Cc1cccs1. The summed E-state index contributed by atoms with van der Waals surface area (Å²) in [7, 11) is 0. The van der Waals surface area contributed by atoms with Gasteiger partial charge in [-0.25, -0.2) is 0 Å². The predicted molar refractivity (Wildman–Crippen MR) is 117 cm³/mol. The Morgan fingerprint density at radius 3 is 2.70 bits per heavy atom. The van der Waals surface area contributed by atoms with E-state index in [0.29, 0.717) is 37.0 Å². The summed E-state index contributed by atoms with van der Waals surface area (Å²) in [4.78, 5) is 29.7. The highest BCUT2D eigenvalue weighted by atomic mass is 32.1. The third-order valence-corrected chi connectivity index (χ3v) is 6.53. The molecule has 4 heterocycles. The predicted octanol–water partition coefficient (Wildman–Crippen LogP) is 4.39. The van der Waals surface area contributed by atoms with E-state index >= 15 is 0 Å². The Balaban J connectivity index is 1.70. The molecule has 1 N–H and O–H groups in total. The van der Waals surface area contributed by atoms with Crippen LogP contribution in [0.2, 0.25) is 0 Å². The molecule has 1 aliphatic rings. The zero-order valence-electron chi connectivity index (χ0n) is 17.6. The van der Waals surface area contributed by atoms with Crippen molar-refractivity contribution in [3.63, 3.8) is 0 Å². The minimum atomic E-state index is -1.01. The van der Waals surface area contributed by atoms with Crippen LogP contribution in [0.1, 0.15) is 42.6 Å². The normalized spacial score (nSPS) is 18.7. The second-order valence-electron chi connectivity index (χ2n) is 8.35. The molecule has 0 aromatic carbocycles. The first kappa shape index (κ1) is 20.5. The third-order valence-electron chi connectivity index (χ3n) is 5.67. The lowest BCUT2D eigenvalue weighted by Crippen LogP contribution is -2.63. The minimum Gasteiger partial charge on any atom is -0.463 e. The number of furan rings is 1. The lowest BCUT2D eigenvalue weighted by atomic mass is 9.94. The van der Waals surface area contributed by atoms with Crippen molar-refractivity contribution in [2.24, 2.45) is 5.92 Å². The molecule has 0 spiro atoms. The van der Waals surface area contributed by atoms with Crippen LogP contribution in [0.5, 0.6) is 0 Å². The fourth-order valence-electron chi connectivity index (χ4n) is 3.88. The van der Waals surface area contributed by atoms with Crippen molar-refractivity contribution in [1.29, 1.82) is 0 Å². The van der Waals surface area contributed by atoms with Crippen molar-refractivity contribution in [3.8, 4) is 11.5 Å². The van der Waals surface area contributed by atoms with Gasteiger partial charge < -0.3 is 19.2 Å². The number of carbonyl (C=O) groups excluding carboxylic acids is 2. The maximum absolute atomic E-state index is 13.5. The van der Waals surface area contributed by atoms with Gasteiger partial charge in [-0.05, 0) is 55.0 Å². The number of aromatic nitrogens is 1. The van der Waals surface area contributed by atoms with E-state index < -0.39 is 5.54 Å². The van der Waals surface area contributed by atoms with Gasteiger partial charge in [-0.1, -0.05) is 19.9 Å². The zero-order valence-corrected chi connectivity index (χ0v) is 18.4. The van der Waals surface area contributed by atoms with Crippen LogP contribution in [-0.2, 0) is 17.9 Å². The summed E-state index contributed by atoms with van der Waals surface area (Å²) in [5.74, 6) is 0.907. The van der Waals surface area contributed by atoms with Crippen LogP contribution in [0.3, 0.4) is 0 Å². The fraction of sp³-hybridized carbons (Fsp3) is 0.391. The first-order valence-electron chi connectivity index (χ1n) is 10.3. The lowest BCUT2D eigenvalue weighted by Gasteiger charge is -2.44. The van der Waals surface area contributed by atoms with E-state index in [1.165, 1.54) is 0 Å². The number of carbonyl (C=O) groups is 2. The van der Waals surface area contributed by atoms with Gasteiger partial charge in [-0.15, -0.1) is 11.3 Å². The molecule has 2 amide bonds. The van der Waals surface area contributed by atoms with Crippen LogP contribution in [0, 0.1) is 5.92 Å². The molecule has 1 atom stereocenters. The van der Waals surface area contributed by atoms with E-state index in [-0.39, 0.29) is 11.8 Å². The molecule has 4 rings (SSSR count). The van der Waals surface area contributed by atoms with Crippen molar-refractivity contribution in [2.45, 2.75) is 45.8 Å². The van der Waals surface area contributed by atoms with Gasteiger partial charge in [0.1, 0.15) is 17.0 Å². The van der Waals surface area contributed by atoms with E-state index in [4.69, 9.17) is 4.42 Å². The van der Waals surface area contributed by atoms with Gasteiger partial charge in [0, 0.05) is 11.4 Å². The van der Waals surface area contributed by atoms with Crippen LogP contribution >= 0.6 is 11.3 Å². The van der Waals surface area contributed by atoms with Crippen LogP contribution in [0.15, 0.2) is 52.5 Å². The first-order chi connectivity index (χ1) is 14.4. The molecular formula is C23H27N3O3S. The molecule has 0 aliphatic carbocycles. The maximum Gasteiger partial charge on any atom is 0.271 e. The number of thiophene rings is 1. The highest BCUT2D eigenvalue weighted by Crippen LogP contribution is 2.34. The standard InChI is InChI=1S/C23H27N3O3S/c1-16(2)10-11-24-22(28)23(3)15-25-18(20-7-4-12-29-20)8-9-19(25)21(27)26(23)14-17-6-5-13-30-17/h4-9,12-13,16H,10-11,14-15H2,1-3H3,(H,24,28). The smallest absolute Gasteiger partial charge is 0.271 e. The molecule has 3 aromatic rings. The fourth-order valence-corrected chi connectivity index (χ4v) is 4.58. The number of nitrogens with zero attached hydrogens (tertiary/aromatic N) is 2. The van der Waals surface area contributed by atoms with Crippen LogP contribution in [0.4, 0.5) is 0 Å². The summed E-state index contributed by atoms with van der Waals surface area (Å²) in [6.07, 6.45) is 2.51. The monoisotopic (exact) mass is 425 g/mol. The third kappa shape index (κ3) is 3.69. The number of fused-ring (bicyclic) bond motifs is 1. The molecule has 0 saturated carbocycles. The number of amides is 2. The number of rotatable bonds is 7. The van der Waals surface area contributed by atoms with Gasteiger partial charge >= 0.3 is 0 Å². The van der Waals surface area contributed by atoms with E-state index in [0.717, 1.165) is 17.0 Å². The van der Waals surface area contributed by atoms with Crippen molar-refractivity contribution in [2.75, 3.05) is 6.54 Å². The van der Waals surface area contributed by atoms with Gasteiger partial charge in [-0.3, -0.25) is 9.59 Å². The van der Waals surface area contributed by atoms with Gasteiger partial charge in [0.15, 0.2) is 0 Å². The molecule has 158 valence electrons. The molecule has 3 aromatic heterocycles. The second-order valence-corrected chi connectivity index (χ2v) is 9.38. The Kier molecular flexibility index (Phi) is 5.56. The topological polar surface area (TPSA) is 67.5 Å². The van der Waals surface area contributed by atoms with E-state index in [1.807, 2.05) is 53.3 Å². The quantitative estimate of drug-likeness (QED) is 0.611. The van der Waals surface area contributed by atoms with Gasteiger partial charge in [-0.2, -0.15) is 0 Å². The summed E-state index contributed by atoms with van der Waals surface area (Å²) in [5.41, 5.74) is 0.372. The van der Waals surface area contributed by atoms with Crippen molar-refractivity contribution in [1.82, 2.24) is 14.8 Å². The Bertz CT molecular complexity index is 1020. The molecule has 1 aliphatic heterocycles. The minimum absolute atomic E-state index is 0.127. The molecule has 0 bridgehead atoms. The summed E-state index contributed by atoms with van der Waals surface area (Å²) >= 11 is 1.59. The van der Waals surface area contributed by atoms with Crippen molar-refractivity contribution < 1.29 is 14.0 Å². The van der Waals surface area contributed by atoms with E-state index in [2.05, 4.69) is 19.2 Å². The largest absolute Gasteiger partial charge is 0.463 e. The van der Waals surface area contributed by atoms with Crippen molar-refractivity contribution >= 4 is 23.2 Å². The number of nitrogens with one attached hydrogen (secondary N) is 1. The van der Waals surface area contributed by atoms with E-state index in [9.17, 15) is 9.59 Å². The summed E-state index contributed by atoms with van der Waals surface area (Å²) in [6, 6.07) is 11.4. The van der Waals surface area contributed by atoms with Crippen LogP contribution in [0.25, 0.3) is 11.5 Å². The lowest BCUT2D eigenvalue weighted by molar-refractivity contribution is -0.133. The van der Waals surface area contributed by atoms with Gasteiger partial charge in [0.05, 0.1) is 25.0 Å². The summed E-state index contributed by atoms with van der Waals surface area (Å²) in [6.45, 7) is 7.49. The molecular weight excluding hydrogens is 398 g/mol. The summed E-state index contributed by atoms with van der Waals surface area (Å²) in [5, 5.41) is 5.05.